The van der Waals surface area contributed by atoms with E-state index in [1.54, 1.807) is 56.5 Å². The molecule has 6 heteroatoms. The van der Waals surface area contributed by atoms with E-state index >= 15 is 0 Å². The zero-order valence-electron chi connectivity index (χ0n) is 14.7. The van der Waals surface area contributed by atoms with Crippen molar-refractivity contribution in [1.29, 1.82) is 0 Å². The number of carbonyl (C=O) groups is 1. The molecule has 0 aliphatic rings. The van der Waals surface area contributed by atoms with E-state index in [-0.39, 0.29) is 18.1 Å². The zero-order valence-corrected chi connectivity index (χ0v) is 14.7. The first kappa shape index (κ1) is 17.5. The lowest BCUT2D eigenvalue weighted by molar-refractivity contribution is 0.103. The van der Waals surface area contributed by atoms with E-state index in [2.05, 4.69) is 0 Å². The quantitative estimate of drug-likeness (QED) is 0.650. The minimum atomic E-state index is -0.957. The lowest BCUT2D eigenvalue weighted by Crippen LogP contribution is -2.17. The third-order valence-electron chi connectivity index (χ3n) is 3.81. The van der Waals surface area contributed by atoms with Gasteiger partial charge in [0.05, 0.1) is 19.1 Å². The van der Waals surface area contributed by atoms with Gasteiger partial charge in [-0.1, -0.05) is 6.07 Å². The molecule has 0 fully saturated rings. The van der Waals surface area contributed by atoms with Crippen LogP contribution in [0.1, 0.15) is 12.5 Å². The van der Waals surface area contributed by atoms with Crippen LogP contribution in [0.3, 0.4) is 0 Å². The van der Waals surface area contributed by atoms with Gasteiger partial charge in [0.25, 0.3) is 0 Å². The van der Waals surface area contributed by atoms with Gasteiger partial charge in [0.1, 0.15) is 11.3 Å². The smallest absolute Gasteiger partial charge is 0.497 e. The molecule has 0 spiro atoms. The fraction of sp³-hybridized carbons (Fsp3) is 0.200. The van der Waals surface area contributed by atoms with E-state index in [0.29, 0.717) is 22.3 Å². The number of rotatable bonds is 4. The number of carbonyl (C=O) groups excluding carboxylic acids is 1. The van der Waals surface area contributed by atoms with Crippen LogP contribution in [0.15, 0.2) is 51.7 Å². The minimum Gasteiger partial charge on any atom is -0.497 e. The molecule has 1 heterocycles. The Labute approximate surface area is 149 Å². The third kappa shape index (κ3) is 3.39. The lowest BCUT2D eigenvalue weighted by Gasteiger charge is -2.11. The van der Waals surface area contributed by atoms with Crippen molar-refractivity contribution in [2.24, 2.45) is 0 Å². The van der Waals surface area contributed by atoms with Crippen LogP contribution in [0.4, 0.5) is 4.79 Å². The number of hydrogen-bond donors (Lipinski definition) is 0. The molecule has 0 atom stereocenters. The number of fused-ring (bicyclic) bond motifs is 1. The molecule has 1 aromatic heterocycles. The maximum atomic E-state index is 12.9. The number of ether oxygens (including phenoxy) is 3. The Bertz CT molecular complexity index is 1000. The summed E-state index contributed by atoms with van der Waals surface area (Å²) in [5, 5.41) is 0.326. The fourth-order valence-corrected chi connectivity index (χ4v) is 2.54. The van der Waals surface area contributed by atoms with Gasteiger partial charge in [-0.25, -0.2) is 4.79 Å². The maximum absolute atomic E-state index is 12.9. The van der Waals surface area contributed by atoms with E-state index in [0.717, 1.165) is 5.56 Å². The molecule has 3 aromatic rings. The second kappa shape index (κ2) is 7.31. The summed E-state index contributed by atoms with van der Waals surface area (Å²) < 4.78 is 21.0. The van der Waals surface area contributed by atoms with E-state index in [9.17, 15) is 9.59 Å². The van der Waals surface area contributed by atoms with E-state index in [1.165, 1.54) is 0 Å². The summed E-state index contributed by atoms with van der Waals surface area (Å²) in [6.07, 6.45) is -0.957. The molecule has 26 heavy (non-hydrogen) atoms. The Morgan fingerprint density at radius 2 is 1.85 bits per heavy atom. The van der Waals surface area contributed by atoms with Crippen LogP contribution in [0, 0.1) is 6.92 Å². The molecule has 0 saturated carbocycles. The van der Waals surface area contributed by atoms with Crippen LogP contribution in [-0.4, -0.2) is 19.9 Å². The van der Waals surface area contributed by atoms with Gasteiger partial charge >= 0.3 is 6.16 Å². The topological polar surface area (TPSA) is 75.0 Å². The molecule has 0 aliphatic carbocycles. The highest BCUT2D eigenvalue weighted by Gasteiger charge is 2.21. The second-order valence-corrected chi connectivity index (χ2v) is 5.60. The van der Waals surface area contributed by atoms with E-state index < -0.39 is 11.6 Å². The average Bonchev–Trinajstić information content (AvgIpc) is 2.64. The van der Waals surface area contributed by atoms with Crippen LogP contribution in [0.5, 0.6) is 11.5 Å². The first-order chi connectivity index (χ1) is 12.5. The van der Waals surface area contributed by atoms with Crippen molar-refractivity contribution in [3.05, 3.63) is 58.3 Å². The van der Waals surface area contributed by atoms with Crippen molar-refractivity contribution in [3.63, 3.8) is 0 Å². The minimum absolute atomic E-state index is 0.134. The Morgan fingerprint density at radius 3 is 2.50 bits per heavy atom. The Morgan fingerprint density at radius 1 is 1.12 bits per heavy atom. The molecule has 0 unspecified atom stereocenters. The van der Waals surface area contributed by atoms with Crippen LogP contribution in [-0.2, 0) is 4.74 Å². The van der Waals surface area contributed by atoms with Crippen molar-refractivity contribution >= 4 is 17.1 Å². The number of hydrogen-bond acceptors (Lipinski definition) is 6. The Balaban J connectivity index is 2.22. The van der Waals surface area contributed by atoms with Gasteiger partial charge < -0.3 is 18.6 Å². The van der Waals surface area contributed by atoms with Crippen LogP contribution >= 0.6 is 0 Å². The zero-order chi connectivity index (χ0) is 18.7. The monoisotopic (exact) mass is 354 g/mol. The van der Waals surface area contributed by atoms with Gasteiger partial charge in [0, 0.05) is 5.56 Å². The van der Waals surface area contributed by atoms with Crippen molar-refractivity contribution < 1.29 is 23.4 Å². The lowest BCUT2D eigenvalue weighted by atomic mass is 10.1. The first-order valence-electron chi connectivity index (χ1n) is 8.10. The fourth-order valence-electron chi connectivity index (χ4n) is 2.54. The molecule has 0 N–H and O–H groups in total. The number of aryl methyl sites for hydroxylation is 1. The summed E-state index contributed by atoms with van der Waals surface area (Å²) in [6, 6.07) is 12.1. The van der Waals surface area contributed by atoms with Crippen molar-refractivity contribution in [2.75, 3.05) is 13.7 Å². The summed E-state index contributed by atoms with van der Waals surface area (Å²) in [6.45, 7) is 3.68. The van der Waals surface area contributed by atoms with Gasteiger partial charge in [-0.2, -0.15) is 0 Å². The highest BCUT2D eigenvalue weighted by Crippen LogP contribution is 2.32. The first-order valence-corrected chi connectivity index (χ1v) is 8.10. The van der Waals surface area contributed by atoms with Gasteiger partial charge in [0.2, 0.25) is 11.2 Å². The highest BCUT2D eigenvalue weighted by atomic mass is 16.7. The molecule has 6 nitrogen and oxygen atoms in total. The highest BCUT2D eigenvalue weighted by molar-refractivity contribution is 5.83. The summed E-state index contributed by atoms with van der Waals surface area (Å²) in [7, 11) is 1.56. The summed E-state index contributed by atoms with van der Waals surface area (Å²) >= 11 is 0. The molecular weight excluding hydrogens is 336 g/mol. The standard InChI is InChI=1S/C20H18O6/c1-4-24-20(22)26-19-17(21)15-10-5-12(2)11-16(15)25-18(19)13-6-8-14(23-3)9-7-13/h5-11H,4H2,1-3H3. The average molecular weight is 354 g/mol. The normalized spacial score (nSPS) is 10.6. The molecule has 0 saturated heterocycles. The molecular formula is C20H18O6. The van der Waals surface area contributed by atoms with Gasteiger partial charge in [-0.3, -0.25) is 4.79 Å². The van der Waals surface area contributed by atoms with Crippen molar-refractivity contribution in [2.45, 2.75) is 13.8 Å². The number of methoxy groups -OCH3 is 1. The van der Waals surface area contributed by atoms with Crippen molar-refractivity contribution in [3.8, 4) is 22.8 Å². The molecule has 134 valence electrons. The van der Waals surface area contributed by atoms with Crippen LogP contribution in [0.25, 0.3) is 22.3 Å². The van der Waals surface area contributed by atoms with Gasteiger partial charge in [-0.05, 0) is 55.8 Å². The number of benzene rings is 2. The van der Waals surface area contributed by atoms with E-state index in [4.69, 9.17) is 18.6 Å². The van der Waals surface area contributed by atoms with Crippen LogP contribution in [0.2, 0.25) is 0 Å². The van der Waals surface area contributed by atoms with Crippen molar-refractivity contribution in [1.82, 2.24) is 0 Å². The van der Waals surface area contributed by atoms with E-state index in [1.807, 2.05) is 6.92 Å². The molecule has 0 aliphatic heterocycles. The molecule has 3 rings (SSSR count). The van der Waals surface area contributed by atoms with Gasteiger partial charge in [0.15, 0.2) is 5.76 Å². The summed E-state index contributed by atoms with van der Waals surface area (Å²) in [4.78, 5) is 24.7. The molecule has 0 radical (unpaired) electrons. The molecule has 0 amide bonds. The maximum Gasteiger partial charge on any atom is 0.514 e. The van der Waals surface area contributed by atoms with Crippen LogP contribution < -0.4 is 14.9 Å². The third-order valence-corrected chi connectivity index (χ3v) is 3.81. The van der Waals surface area contributed by atoms with Gasteiger partial charge in [-0.15, -0.1) is 0 Å². The Kier molecular flexibility index (Phi) is 4.93. The predicted molar refractivity (Wildman–Crippen MR) is 96.9 cm³/mol. The largest absolute Gasteiger partial charge is 0.514 e. The predicted octanol–water partition coefficient (Wildman–Crippen LogP) is 4.31. The summed E-state index contributed by atoms with van der Waals surface area (Å²) in [5.41, 5.74) is 1.49. The Hall–Kier alpha value is -3.28. The molecule has 0 bridgehead atoms. The summed E-state index contributed by atoms with van der Waals surface area (Å²) in [5.74, 6) is 0.606. The molecule has 2 aromatic carbocycles. The second-order valence-electron chi connectivity index (χ2n) is 5.60. The SMILES string of the molecule is CCOC(=O)Oc1c(-c2ccc(OC)cc2)oc2cc(C)ccc2c1=O.